The monoisotopic (exact) mass is 894 g/mol. The molecule has 0 bridgehead atoms. The van der Waals surface area contributed by atoms with Gasteiger partial charge in [0.2, 0.25) is 17.6 Å². The Bertz CT molecular complexity index is 3220. The Morgan fingerprint density at radius 2 is 1.21 bits per heavy atom. The minimum Gasteiger partial charge on any atom is -0.446 e. The van der Waals surface area contributed by atoms with Crippen LogP contribution in [0.4, 0.5) is 21.5 Å². The van der Waals surface area contributed by atoms with Gasteiger partial charge in [0.05, 0.1) is 34.7 Å². The van der Waals surface area contributed by atoms with E-state index < -0.39 is 23.6 Å². The van der Waals surface area contributed by atoms with Gasteiger partial charge in [-0.3, -0.25) is 30.0 Å². The SMILES string of the molecule is O=C(Nc1nc2ccc(C3(OC(=O)Nc4nc5ccc(C6(O)c7ccccc7C(=O)N6Cc6ccccc6)cc5[nH]4)c4ccccc4C(=O)N3Cc3ccccc3)cc2[nH]1)OCC1CCCO1. The van der Waals surface area contributed by atoms with Crippen LogP contribution in [0, 0.1) is 0 Å². The summed E-state index contributed by atoms with van der Waals surface area (Å²) >= 11 is 0. The number of aromatic nitrogens is 4. The lowest BCUT2D eigenvalue weighted by molar-refractivity contribution is -0.0595. The van der Waals surface area contributed by atoms with Crippen molar-refractivity contribution in [2.45, 2.75) is 43.5 Å². The van der Waals surface area contributed by atoms with Gasteiger partial charge in [0.15, 0.2) is 5.72 Å². The highest BCUT2D eigenvalue weighted by Gasteiger charge is 2.55. The molecule has 0 spiro atoms. The summed E-state index contributed by atoms with van der Waals surface area (Å²) < 4.78 is 17.5. The smallest absolute Gasteiger partial charge is 0.416 e. The number of H-pyrrole nitrogens is 2. The Balaban J connectivity index is 0.928. The fraction of sp³-hybridized carbons (Fsp3) is 0.176. The fourth-order valence-corrected chi connectivity index (χ4v) is 9.40. The quantitative estimate of drug-likeness (QED) is 0.0844. The van der Waals surface area contributed by atoms with Crippen LogP contribution in [0.15, 0.2) is 146 Å². The third kappa shape index (κ3) is 7.28. The number of carbonyl (C=O) groups is 4. The van der Waals surface area contributed by atoms with Crippen LogP contribution in [-0.4, -0.2) is 78.2 Å². The van der Waals surface area contributed by atoms with Crippen LogP contribution in [0.2, 0.25) is 0 Å². The highest BCUT2D eigenvalue weighted by atomic mass is 16.6. The number of nitrogens with zero attached hydrogens (tertiary/aromatic N) is 4. The lowest BCUT2D eigenvalue weighted by atomic mass is 9.93. The molecule has 4 amide bonds. The van der Waals surface area contributed by atoms with Crippen LogP contribution in [-0.2, 0) is 38.8 Å². The molecular formula is C51H42N8O8. The molecule has 0 radical (unpaired) electrons. The number of ether oxygens (including phenoxy) is 3. The number of benzene rings is 6. The number of nitrogens with one attached hydrogen (secondary N) is 4. The second-order valence-corrected chi connectivity index (χ2v) is 16.7. The van der Waals surface area contributed by atoms with Crippen molar-refractivity contribution in [1.82, 2.24) is 29.7 Å². The maximum Gasteiger partial charge on any atom is 0.416 e. The van der Waals surface area contributed by atoms with Gasteiger partial charge in [0, 0.05) is 46.5 Å². The van der Waals surface area contributed by atoms with E-state index in [0.717, 1.165) is 24.0 Å². The molecule has 8 aromatic rings. The van der Waals surface area contributed by atoms with Crippen molar-refractivity contribution < 1.29 is 38.5 Å². The number of carbonyl (C=O) groups excluding carboxylic acids is 4. The zero-order valence-corrected chi connectivity index (χ0v) is 35.8. The van der Waals surface area contributed by atoms with Crippen molar-refractivity contribution in [3.05, 3.63) is 190 Å². The second-order valence-electron chi connectivity index (χ2n) is 16.7. The number of hydrogen-bond donors (Lipinski definition) is 5. The molecule has 0 aliphatic carbocycles. The van der Waals surface area contributed by atoms with E-state index in [1.54, 1.807) is 84.9 Å². The van der Waals surface area contributed by atoms with E-state index >= 15 is 0 Å². The third-order valence-electron chi connectivity index (χ3n) is 12.5. The van der Waals surface area contributed by atoms with E-state index in [1.807, 2.05) is 60.7 Å². The van der Waals surface area contributed by atoms with Gasteiger partial charge in [-0.05, 0) is 60.4 Å². The molecular weight excluding hydrogens is 853 g/mol. The predicted molar refractivity (Wildman–Crippen MR) is 246 cm³/mol. The lowest BCUT2D eigenvalue weighted by Crippen LogP contribution is -2.48. The molecule has 3 aliphatic heterocycles. The highest BCUT2D eigenvalue weighted by Crippen LogP contribution is 2.48. The second kappa shape index (κ2) is 16.6. The van der Waals surface area contributed by atoms with Crippen LogP contribution < -0.4 is 10.6 Å². The van der Waals surface area contributed by atoms with E-state index in [9.17, 15) is 24.3 Å². The topological polar surface area (TPSA) is 204 Å². The van der Waals surface area contributed by atoms with Crippen LogP contribution in [0.3, 0.4) is 0 Å². The number of fused-ring (bicyclic) bond motifs is 4. The molecule has 5 N–H and O–H groups in total. The van der Waals surface area contributed by atoms with Crippen molar-refractivity contribution in [1.29, 1.82) is 0 Å². The molecule has 6 aromatic carbocycles. The molecule has 16 nitrogen and oxygen atoms in total. The van der Waals surface area contributed by atoms with E-state index in [0.29, 0.717) is 62.1 Å². The van der Waals surface area contributed by atoms with Gasteiger partial charge in [0.1, 0.15) is 6.61 Å². The number of aromatic amines is 2. The zero-order chi connectivity index (χ0) is 45.7. The summed E-state index contributed by atoms with van der Waals surface area (Å²) in [6.07, 6.45) is -0.0554. The first-order chi connectivity index (χ1) is 32.7. The first kappa shape index (κ1) is 41.4. The van der Waals surface area contributed by atoms with Crippen molar-refractivity contribution in [3.8, 4) is 0 Å². The van der Waals surface area contributed by atoms with Gasteiger partial charge < -0.3 is 29.3 Å². The average Bonchev–Trinajstić information content (AvgIpc) is 4.18. The van der Waals surface area contributed by atoms with Gasteiger partial charge in [-0.25, -0.2) is 19.6 Å². The van der Waals surface area contributed by atoms with E-state index in [-0.39, 0.29) is 49.5 Å². The minimum atomic E-state index is -1.83. The largest absolute Gasteiger partial charge is 0.446 e. The summed E-state index contributed by atoms with van der Waals surface area (Å²) in [5, 5.41) is 18.0. The maximum atomic E-state index is 14.5. The number of imidazole rings is 2. The molecule has 67 heavy (non-hydrogen) atoms. The molecule has 334 valence electrons. The summed E-state index contributed by atoms with van der Waals surface area (Å²) in [7, 11) is 0. The van der Waals surface area contributed by atoms with Crippen molar-refractivity contribution in [2.75, 3.05) is 23.8 Å². The van der Waals surface area contributed by atoms with Crippen LogP contribution in [0.1, 0.15) is 66.9 Å². The number of rotatable bonds is 11. The average molecular weight is 895 g/mol. The summed E-state index contributed by atoms with van der Waals surface area (Å²) in [5.41, 5.74) is 2.30. The molecule has 3 atom stereocenters. The van der Waals surface area contributed by atoms with Crippen molar-refractivity contribution in [2.24, 2.45) is 0 Å². The van der Waals surface area contributed by atoms with Crippen LogP contribution in [0.5, 0.6) is 0 Å². The Morgan fingerprint density at radius 1 is 0.672 bits per heavy atom. The summed E-state index contributed by atoms with van der Waals surface area (Å²) in [4.78, 5) is 74.0. The number of aliphatic hydroxyl groups is 1. The van der Waals surface area contributed by atoms with Crippen LogP contribution >= 0.6 is 0 Å². The number of amides is 4. The molecule has 16 heteroatoms. The van der Waals surface area contributed by atoms with E-state index in [1.165, 1.54) is 9.80 Å². The van der Waals surface area contributed by atoms with Gasteiger partial charge in [-0.1, -0.05) is 109 Å². The summed E-state index contributed by atoms with van der Waals surface area (Å²) in [6, 6.07) is 43.1. The third-order valence-corrected chi connectivity index (χ3v) is 12.5. The first-order valence-corrected chi connectivity index (χ1v) is 21.9. The molecule has 1 fully saturated rings. The van der Waals surface area contributed by atoms with Gasteiger partial charge in [0.25, 0.3) is 11.8 Å². The number of hydrogen-bond acceptors (Lipinski definition) is 10. The van der Waals surface area contributed by atoms with Crippen molar-refractivity contribution in [3.63, 3.8) is 0 Å². The zero-order valence-electron chi connectivity index (χ0n) is 35.8. The van der Waals surface area contributed by atoms with Gasteiger partial charge in [-0.15, -0.1) is 0 Å². The summed E-state index contributed by atoms with van der Waals surface area (Å²) in [6.45, 7) is 0.966. The van der Waals surface area contributed by atoms with Crippen molar-refractivity contribution >= 4 is 58.0 Å². The molecule has 3 aliphatic rings. The predicted octanol–water partition coefficient (Wildman–Crippen LogP) is 8.12. The van der Waals surface area contributed by atoms with Gasteiger partial charge >= 0.3 is 12.2 Å². The molecule has 3 unspecified atom stereocenters. The Morgan fingerprint density at radius 3 is 1.85 bits per heavy atom. The Kier molecular flexibility index (Phi) is 10.2. The Hall–Kier alpha value is -8.34. The normalized spacial score (nSPS) is 19.7. The maximum absolute atomic E-state index is 14.5. The lowest BCUT2D eigenvalue weighted by Gasteiger charge is -2.38. The molecule has 2 aromatic heterocycles. The molecule has 11 rings (SSSR count). The first-order valence-electron chi connectivity index (χ1n) is 21.9. The Labute approximate surface area is 382 Å². The van der Waals surface area contributed by atoms with E-state index in [2.05, 4.69) is 30.6 Å². The molecule has 5 heterocycles. The molecule has 0 saturated carbocycles. The molecule has 1 saturated heterocycles. The summed E-state index contributed by atoms with van der Waals surface area (Å²) in [5.74, 6) is -0.514. The highest BCUT2D eigenvalue weighted by molar-refractivity contribution is 6.02. The van der Waals surface area contributed by atoms with E-state index in [4.69, 9.17) is 14.2 Å². The standard InChI is InChI=1S/C51H42N8O8/c60-44-36-17-7-9-19-38(36)50(64,58(44)28-31-12-3-1-4-13-31)33-21-23-40-42(26-33)54-47(53-40)57-49(63)67-51(39-20-10-8-18-37(39)45(61)59(51)29-32-14-5-2-6-15-32)34-22-24-41-43(27-34)55-46(52-41)56-48(62)66-30-35-16-11-25-65-35/h1-10,12-15,17-24,26-27,35,64H,11,16,25,28-30H2,(H2,52,55,56,62)(H2,53,54,57,63). The van der Waals surface area contributed by atoms with Crippen LogP contribution in [0.25, 0.3) is 22.1 Å². The minimum absolute atomic E-state index is 0.0293. The van der Waals surface area contributed by atoms with Gasteiger partial charge in [-0.2, -0.15) is 0 Å². The fourth-order valence-electron chi connectivity index (χ4n) is 9.40. The number of anilines is 2.